The Morgan fingerprint density at radius 3 is 2.36 bits per heavy atom. The van der Waals surface area contributed by atoms with Gasteiger partial charge in [0.1, 0.15) is 34.7 Å². The molecule has 4 aromatic carbocycles. The van der Waals surface area contributed by atoms with E-state index in [1.165, 1.54) is 41.4 Å². The zero-order valence-electron chi connectivity index (χ0n) is 36.1. The van der Waals surface area contributed by atoms with Crippen molar-refractivity contribution in [2.24, 2.45) is 0 Å². The van der Waals surface area contributed by atoms with E-state index in [0.717, 1.165) is 106 Å². The van der Waals surface area contributed by atoms with Crippen LogP contribution in [0.4, 0.5) is 11.4 Å². The number of rotatable bonds is 13. The number of carbonyl (C=O) groups excluding carboxylic acids is 2. The first-order valence-corrected chi connectivity index (χ1v) is 25.5. The number of H-pyrrole nitrogens is 2. The lowest BCUT2D eigenvalue weighted by Gasteiger charge is -2.39. The molecular formula is C47H49N7O10S2. The van der Waals surface area contributed by atoms with Gasteiger partial charge in [0.05, 0.1) is 38.4 Å². The molecule has 0 unspecified atom stereocenters. The summed E-state index contributed by atoms with van der Waals surface area (Å²) < 4.78 is 79.4. The van der Waals surface area contributed by atoms with Gasteiger partial charge in [0.25, 0.3) is 11.1 Å². The van der Waals surface area contributed by atoms with Crippen LogP contribution in [0.15, 0.2) is 67.9 Å². The van der Waals surface area contributed by atoms with Crippen molar-refractivity contribution in [2.75, 3.05) is 49.5 Å². The number of aromatic amines is 2. The Morgan fingerprint density at radius 1 is 0.788 bits per heavy atom. The summed E-state index contributed by atoms with van der Waals surface area (Å²) in [6.07, 6.45) is 8.34. The molecule has 0 spiro atoms. The number of amides is 2. The Labute approximate surface area is 379 Å². The Balaban J connectivity index is 0.865. The van der Waals surface area contributed by atoms with E-state index >= 15 is 0 Å². The molecule has 19 heteroatoms. The van der Waals surface area contributed by atoms with Crippen molar-refractivity contribution in [3.63, 3.8) is 0 Å². The first kappa shape index (κ1) is 43.7. The van der Waals surface area contributed by atoms with Gasteiger partial charge in [-0.1, -0.05) is 18.6 Å². The van der Waals surface area contributed by atoms with Gasteiger partial charge in [-0.3, -0.25) is 29.4 Å². The number of nitrogens with zero attached hydrogens (tertiary/aromatic N) is 2. The topological polar surface area (TPSA) is 243 Å². The van der Waals surface area contributed by atoms with Gasteiger partial charge in [-0.15, -0.1) is 0 Å². The molecule has 0 saturated carbocycles. The minimum absolute atomic E-state index is 0.00703. The summed E-state index contributed by atoms with van der Waals surface area (Å²) in [6.45, 7) is 3.40. The molecule has 0 aliphatic carbocycles. The molecule has 0 radical (unpaired) electrons. The molecule has 5 aliphatic heterocycles. The van der Waals surface area contributed by atoms with Gasteiger partial charge in [0.2, 0.25) is 27.2 Å². The zero-order chi connectivity index (χ0) is 45.9. The number of unbranched alkanes of at least 4 members (excludes halogenated alkanes) is 2. The van der Waals surface area contributed by atoms with Crippen molar-refractivity contribution in [1.82, 2.24) is 24.8 Å². The predicted molar refractivity (Wildman–Crippen MR) is 245 cm³/mol. The number of hydrogen-bond donors (Lipinski definition) is 5. The number of hydrogen-bond acceptors (Lipinski definition) is 11. The van der Waals surface area contributed by atoms with Gasteiger partial charge in [-0.25, -0.2) is 26.1 Å². The molecule has 5 aliphatic rings. The van der Waals surface area contributed by atoms with E-state index < -0.39 is 48.0 Å². The maximum Gasteiger partial charge on any atom is 0.272 e. The zero-order valence-corrected chi connectivity index (χ0v) is 37.8. The highest BCUT2D eigenvalue weighted by molar-refractivity contribution is 7.89. The summed E-state index contributed by atoms with van der Waals surface area (Å²) in [4.78, 5) is 50.9. The van der Waals surface area contributed by atoms with Crippen molar-refractivity contribution < 1.29 is 35.7 Å². The van der Waals surface area contributed by atoms with Crippen molar-refractivity contribution in [1.29, 1.82) is 0 Å². The van der Waals surface area contributed by atoms with E-state index in [1.54, 1.807) is 0 Å². The molecule has 0 atom stereocenters. The Morgan fingerprint density at radius 2 is 1.55 bits per heavy atom. The fraction of sp³-hybridized carbons (Fsp3) is 0.383. The minimum atomic E-state index is -5.22. The Kier molecular flexibility index (Phi) is 11.4. The van der Waals surface area contributed by atoms with Crippen LogP contribution < -0.4 is 51.3 Å². The van der Waals surface area contributed by atoms with Gasteiger partial charge in [0.15, 0.2) is 0 Å². The maximum atomic E-state index is 13.7. The summed E-state index contributed by atoms with van der Waals surface area (Å²) in [6, 6.07) is 12.4. The van der Waals surface area contributed by atoms with Gasteiger partial charge < -0.3 is 24.8 Å². The molecule has 66 heavy (non-hydrogen) atoms. The second-order valence-electron chi connectivity index (χ2n) is 17.6. The molecule has 1 aromatic heterocycles. The van der Waals surface area contributed by atoms with E-state index in [1.807, 2.05) is 0 Å². The third-order valence-electron chi connectivity index (χ3n) is 13.4. The van der Waals surface area contributed by atoms with Crippen molar-refractivity contribution in [3.8, 4) is 11.5 Å². The van der Waals surface area contributed by atoms with Crippen molar-refractivity contribution in [3.05, 3.63) is 113 Å². The smallest absolute Gasteiger partial charge is 0.272 e. The number of sulfonamides is 1. The average Bonchev–Trinajstić information content (AvgIpc) is 3.30. The van der Waals surface area contributed by atoms with Crippen LogP contribution in [0, 0.1) is 0 Å². The monoisotopic (exact) mass is 935 g/mol. The normalized spacial score (nSPS) is 16.2. The second-order valence-corrected chi connectivity index (χ2v) is 20.7. The number of benzene rings is 4. The van der Waals surface area contributed by atoms with Gasteiger partial charge >= 0.3 is 0 Å². The van der Waals surface area contributed by atoms with Crippen LogP contribution in [-0.2, 0) is 55.4 Å². The molecule has 5 aromatic rings. The SMILES string of the molecule is O=C(CCCCCNS(=O)(=O)c1ccc(C2=c3cc4c5c(c3Oc3c2cc2c6c3CCCN6CCC2)CCC[N+]=5CCC4)c(S(=O)(=O)[O-])c1)NCC(=O)Nc1cccc2c(=O)[nH][nH]c(=O)c12. The van der Waals surface area contributed by atoms with Crippen LogP contribution in [0.25, 0.3) is 16.3 Å². The molecule has 0 fully saturated rings. The summed E-state index contributed by atoms with van der Waals surface area (Å²) in [5, 5.41) is 11.5. The van der Waals surface area contributed by atoms with Gasteiger partial charge in [-0.05, 0) is 93.3 Å². The first-order valence-electron chi connectivity index (χ1n) is 22.6. The minimum Gasteiger partial charge on any atom is -0.744 e. The van der Waals surface area contributed by atoms with Crippen molar-refractivity contribution >= 4 is 59.7 Å². The summed E-state index contributed by atoms with van der Waals surface area (Å²) in [7, 11) is -9.50. The number of nitrogens with one attached hydrogen (secondary N) is 5. The molecule has 0 saturated heterocycles. The van der Waals surface area contributed by atoms with Crippen LogP contribution in [-0.4, -0.2) is 82.7 Å². The van der Waals surface area contributed by atoms with Crippen LogP contribution in [0.3, 0.4) is 0 Å². The standard InChI is InChI=1S/C47H49N7O10S2/c55-38(48-26-39(56)50-36-14-4-11-31-41(36)47(58)52-51-46(31)57)15-2-1-3-18-49-65(59,60)29-16-17-30(37(25-29)66(61,62)63)40-34-23-27-9-5-19-53-21-7-12-32(42(27)53)44(34)64-45-33-13-8-22-54-20-6-10-28(43(33)54)24-35(40)45/h4,11,14,16-17,23-25,49H,1-3,5-10,12-13,15,18-22,26H2,(H4-,48,50,51,52,55,56,57,58,61,62,63). The fourth-order valence-electron chi connectivity index (χ4n) is 10.6. The predicted octanol–water partition coefficient (Wildman–Crippen LogP) is 2.15. The van der Waals surface area contributed by atoms with Crippen LogP contribution >= 0.6 is 0 Å². The van der Waals surface area contributed by atoms with E-state index in [0.29, 0.717) is 47.1 Å². The lowest BCUT2D eigenvalue weighted by molar-refractivity contribution is -0.124. The highest BCUT2D eigenvalue weighted by Gasteiger charge is 2.37. The summed E-state index contributed by atoms with van der Waals surface area (Å²) in [5.74, 6) is 0.335. The highest BCUT2D eigenvalue weighted by Crippen LogP contribution is 2.49. The fourth-order valence-corrected chi connectivity index (χ4v) is 12.4. The number of carbonyl (C=O) groups is 2. The van der Waals surface area contributed by atoms with Crippen LogP contribution in [0.1, 0.15) is 84.7 Å². The lowest BCUT2D eigenvalue weighted by atomic mass is 9.82. The van der Waals surface area contributed by atoms with E-state index in [9.17, 15) is 40.6 Å². The highest BCUT2D eigenvalue weighted by atomic mass is 32.2. The number of aryl methyl sites for hydroxylation is 2. The molecular weight excluding hydrogens is 887 g/mol. The third kappa shape index (κ3) is 8.00. The molecule has 5 N–H and O–H groups in total. The summed E-state index contributed by atoms with van der Waals surface area (Å²) in [5.41, 5.74) is 6.08. The van der Waals surface area contributed by atoms with Crippen LogP contribution in [0.5, 0.6) is 11.5 Å². The average molecular weight is 936 g/mol. The molecule has 344 valence electrons. The van der Waals surface area contributed by atoms with E-state index in [4.69, 9.17) is 4.74 Å². The largest absolute Gasteiger partial charge is 0.744 e. The Bertz CT molecular complexity index is 3380. The number of aromatic nitrogens is 2. The molecule has 2 amide bonds. The van der Waals surface area contributed by atoms with E-state index in [-0.39, 0.29) is 46.4 Å². The summed E-state index contributed by atoms with van der Waals surface area (Å²) >= 11 is 0. The maximum absolute atomic E-state index is 13.7. The Hall–Kier alpha value is -6.15. The first-order chi connectivity index (χ1) is 31.8. The van der Waals surface area contributed by atoms with Gasteiger partial charge in [-0.2, -0.15) is 0 Å². The quantitative estimate of drug-likeness (QED) is 0.0639. The van der Waals surface area contributed by atoms with E-state index in [2.05, 4.69) is 47.2 Å². The molecule has 17 nitrogen and oxygen atoms in total. The van der Waals surface area contributed by atoms with Crippen LogP contribution in [0.2, 0.25) is 0 Å². The number of ether oxygens (including phenoxy) is 1. The van der Waals surface area contributed by atoms with Crippen molar-refractivity contribution in [2.45, 2.75) is 86.8 Å². The van der Waals surface area contributed by atoms with Gasteiger partial charge in [0, 0.05) is 77.6 Å². The number of anilines is 2. The lowest BCUT2D eigenvalue weighted by Crippen LogP contribution is -2.45. The second kappa shape index (κ2) is 17.3. The third-order valence-corrected chi connectivity index (χ3v) is 15.7. The molecule has 10 rings (SSSR count). The molecule has 0 bridgehead atoms. The molecule has 6 heterocycles. The number of fused-ring (bicyclic) bond motifs is 5.